The van der Waals surface area contributed by atoms with Crippen LogP contribution >= 0.6 is 0 Å². The fourth-order valence-corrected chi connectivity index (χ4v) is 1.73. The van der Waals surface area contributed by atoms with E-state index < -0.39 is 23.7 Å². The molecule has 0 spiro atoms. The highest BCUT2D eigenvalue weighted by Gasteiger charge is 2.15. The summed E-state index contributed by atoms with van der Waals surface area (Å²) in [4.78, 5) is 34.9. The fourth-order valence-electron chi connectivity index (χ4n) is 1.73. The van der Waals surface area contributed by atoms with Crippen molar-refractivity contribution in [3.63, 3.8) is 0 Å². The molecular weight excluding hydrogens is 329 g/mol. The van der Waals surface area contributed by atoms with Crippen molar-refractivity contribution in [2.24, 2.45) is 5.92 Å². The SMILES string of the molecule is CC(C)CCC(=O)NCC(=O)NNC(=O)C(C)Oc1ccc(F)cc1. The smallest absolute Gasteiger partial charge is 0.279 e. The van der Waals surface area contributed by atoms with Gasteiger partial charge >= 0.3 is 0 Å². The number of halogens is 1. The Morgan fingerprint density at radius 1 is 1.04 bits per heavy atom. The van der Waals surface area contributed by atoms with Gasteiger partial charge in [0.25, 0.3) is 11.8 Å². The van der Waals surface area contributed by atoms with Gasteiger partial charge in [0.1, 0.15) is 11.6 Å². The number of amides is 3. The molecule has 1 rings (SSSR count). The summed E-state index contributed by atoms with van der Waals surface area (Å²) in [6.07, 6.45) is 0.189. The van der Waals surface area contributed by atoms with Gasteiger partial charge in [0.2, 0.25) is 5.91 Å². The zero-order valence-electron chi connectivity index (χ0n) is 14.6. The van der Waals surface area contributed by atoms with Gasteiger partial charge in [-0.3, -0.25) is 25.2 Å². The van der Waals surface area contributed by atoms with Gasteiger partial charge in [-0.25, -0.2) is 4.39 Å². The fraction of sp³-hybridized carbons (Fsp3) is 0.471. The van der Waals surface area contributed by atoms with Crippen molar-refractivity contribution in [3.05, 3.63) is 30.1 Å². The molecule has 0 aliphatic carbocycles. The molecule has 3 amide bonds. The van der Waals surface area contributed by atoms with E-state index in [0.717, 1.165) is 6.42 Å². The van der Waals surface area contributed by atoms with Crippen LogP contribution in [0.3, 0.4) is 0 Å². The summed E-state index contributed by atoms with van der Waals surface area (Å²) in [5, 5.41) is 2.47. The molecule has 1 aromatic carbocycles. The molecule has 0 fully saturated rings. The van der Waals surface area contributed by atoms with E-state index in [2.05, 4.69) is 16.2 Å². The first-order valence-electron chi connectivity index (χ1n) is 8.05. The number of hydrogen-bond acceptors (Lipinski definition) is 4. The molecular formula is C17H24FN3O4. The Hall–Kier alpha value is -2.64. The molecule has 1 atom stereocenters. The van der Waals surface area contributed by atoms with Crippen LogP contribution < -0.4 is 20.9 Å². The summed E-state index contributed by atoms with van der Waals surface area (Å²) in [5.74, 6) is -1.03. The van der Waals surface area contributed by atoms with E-state index >= 15 is 0 Å². The van der Waals surface area contributed by atoms with E-state index in [1.807, 2.05) is 13.8 Å². The van der Waals surface area contributed by atoms with Crippen LogP contribution in [-0.2, 0) is 14.4 Å². The molecule has 0 aliphatic rings. The Kier molecular flexibility index (Phi) is 8.38. The van der Waals surface area contributed by atoms with E-state index in [4.69, 9.17) is 4.74 Å². The molecule has 0 saturated heterocycles. The molecule has 1 aromatic rings. The highest BCUT2D eigenvalue weighted by molar-refractivity contribution is 5.87. The van der Waals surface area contributed by atoms with Crippen LogP contribution in [0.15, 0.2) is 24.3 Å². The number of carbonyl (C=O) groups is 3. The molecule has 0 aliphatic heterocycles. The maximum absolute atomic E-state index is 12.8. The topological polar surface area (TPSA) is 96.5 Å². The lowest BCUT2D eigenvalue weighted by atomic mass is 10.1. The molecule has 0 aromatic heterocycles. The van der Waals surface area contributed by atoms with Gasteiger partial charge in [0, 0.05) is 6.42 Å². The van der Waals surface area contributed by atoms with Crippen molar-refractivity contribution in [2.45, 2.75) is 39.7 Å². The molecule has 138 valence electrons. The molecule has 3 N–H and O–H groups in total. The van der Waals surface area contributed by atoms with Crippen molar-refractivity contribution in [1.29, 1.82) is 0 Å². The number of benzene rings is 1. The number of hydrazine groups is 1. The lowest BCUT2D eigenvalue weighted by Gasteiger charge is -2.15. The number of rotatable bonds is 8. The Morgan fingerprint density at radius 3 is 2.28 bits per heavy atom. The van der Waals surface area contributed by atoms with Gasteiger partial charge in [-0.1, -0.05) is 13.8 Å². The lowest BCUT2D eigenvalue weighted by Crippen LogP contribution is -2.50. The first kappa shape index (κ1) is 20.4. The largest absolute Gasteiger partial charge is 0.481 e. The monoisotopic (exact) mass is 353 g/mol. The average Bonchev–Trinajstić information content (AvgIpc) is 2.57. The van der Waals surface area contributed by atoms with E-state index in [-0.39, 0.29) is 12.5 Å². The van der Waals surface area contributed by atoms with E-state index in [1.54, 1.807) is 0 Å². The van der Waals surface area contributed by atoms with Crippen molar-refractivity contribution in [3.8, 4) is 5.75 Å². The molecule has 0 heterocycles. The van der Waals surface area contributed by atoms with E-state index in [9.17, 15) is 18.8 Å². The maximum Gasteiger partial charge on any atom is 0.279 e. The van der Waals surface area contributed by atoms with Crippen LogP contribution in [-0.4, -0.2) is 30.4 Å². The van der Waals surface area contributed by atoms with Crippen LogP contribution in [0.1, 0.15) is 33.6 Å². The summed E-state index contributed by atoms with van der Waals surface area (Å²) < 4.78 is 18.1. The quantitative estimate of drug-likeness (QED) is 0.614. The molecule has 0 radical (unpaired) electrons. The third-order valence-electron chi connectivity index (χ3n) is 3.22. The zero-order valence-corrected chi connectivity index (χ0v) is 14.6. The van der Waals surface area contributed by atoms with Crippen LogP contribution in [0.25, 0.3) is 0 Å². The second-order valence-corrected chi connectivity index (χ2v) is 5.96. The zero-order chi connectivity index (χ0) is 18.8. The van der Waals surface area contributed by atoms with Crippen LogP contribution in [0.2, 0.25) is 0 Å². The van der Waals surface area contributed by atoms with Crippen LogP contribution in [0.5, 0.6) is 5.75 Å². The normalized spacial score (nSPS) is 11.6. The van der Waals surface area contributed by atoms with E-state index in [0.29, 0.717) is 18.1 Å². The minimum absolute atomic E-state index is 0.219. The predicted octanol–water partition coefficient (Wildman–Crippen LogP) is 1.29. The number of nitrogens with one attached hydrogen (secondary N) is 3. The van der Waals surface area contributed by atoms with Crippen molar-refractivity contribution < 1.29 is 23.5 Å². The second-order valence-electron chi connectivity index (χ2n) is 5.96. The third kappa shape index (κ3) is 8.69. The van der Waals surface area contributed by atoms with Gasteiger partial charge in [-0.2, -0.15) is 0 Å². The van der Waals surface area contributed by atoms with Crippen molar-refractivity contribution in [1.82, 2.24) is 16.2 Å². The summed E-state index contributed by atoms with van der Waals surface area (Å²) in [7, 11) is 0. The Morgan fingerprint density at radius 2 is 1.68 bits per heavy atom. The molecule has 25 heavy (non-hydrogen) atoms. The highest BCUT2D eigenvalue weighted by Crippen LogP contribution is 2.12. The maximum atomic E-state index is 12.8. The molecule has 8 heteroatoms. The number of hydrogen-bond donors (Lipinski definition) is 3. The summed E-state index contributed by atoms with van der Waals surface area (Å²) in [6.45, 7) is 5.26. The Bertz CT molecular complexity index is 590. The van der Waals surface area contributed by atoms with Gasteiger partial charge in [-0.15, -0.1) is 0 Å². The summed E-state index contributed by atoms with van der Waals surface area (Å²) in [5.41, 5.74) is 4.38. The summed E-state index contributed by atoms with van der Waals surface area (Å²) in [6, 6.07) is 5.21. The minimum atomic E-state index is -0.897. The molecule has 1 unspecified atom stereocenters. The standard InChI is InChI=1S/C17H24FN3O4/c1-11(2)4-9-15(22)19-10-16(23)20-21-17(24)12(3)25-14-7-5-13(18)6-8-14/h5-8,11-12H,4,9-10H2,1-3H3,(H,19,22)(H,20,23)(H,21,24). The number of ether oxygens (including phenoxy) is 1. The summed E-state index contributed by atoms with van der Waals surface area (Å²) >= 11 is 0. The first-order valence-corrected chi connectivity index (χ1v) is 8.05. The molecule has 0 bridgehead atoms. The lowest BCUT2D eigenvalue weighted by molar-refractivity contribution is -0.133. The second kappa shape index (κ2) is 10.3. The third-order valence-corrected chi connectivity index (χ3v) is 3.22. The van der Waals surface area contributed by atoms with Crippen LogP contribution in [0, 0.1) is 11.7 Å². The van der Waals surface area contributed by atoms with Gasteiger partial charge in [-0.05, 0) is 43.5 Å². The number of carbonyl (C=O) groups excluding carboxylic acids is 3. The van der Waals surface area contributed by atoms with Crippen molar-refractivity contribution >= 4 is 17.7 Å². The minimum Gasteiger partial charge on any atom is -0.481 e. The highest BCUT2D eigenvalue weighted by atomic mass is 19.1. The Labute approximate surface area is 146 Å². The average molecular weight is 353 g/mol. The van der Waals surface area contributed by atoms with Gasteiger partial charge in [0.05, 0.1) is 6.54 Å². The predicted molar refractivity (Wildman–Crippen MR) is 89.9 cm³/mol. The Balaban J connectivity index is 2.26. The van der Waals surface area contributed by atoms with Crippen molar-refractivity contribution in [2.75, 3.05) is 6.54 Å². The molecule has 0 saturated carbocycles. The molecule has 7 nitrogen and oxygen atoms in total. The first-order chi connectivity index (χ1) is 11.8. The van der Waals surface area contributed by atoms with Gasteiger partial charge in [0.15, 0.2) is 6.10 Å². The van der Waals surface area contributed by atoms with Gasteiger partial charge < -0.3 is 10.1 Å². The van der Waals surface area contributed by atoms with Crippen LogP contribution in [0.4, 0.5) is 4.39 Å². The van der Waals surface area contributed by atoms with E-state index in [1.165, 1.54) is 31.2 Å².